The second kappa shape index (κ2) is 5.83. The van der Waals surface area contributed by atoms with Crippen LogP contribution in [0.25, 0.3) is 0 Å². The number of methoxy groups -OCH3 is 1. The van der Waals surface area contributed by atoms with Crippen molar-refractivity contribution >= 4 is 33.0 Å². The zero-order valence-corrected chi connectivity index (χ0v) is 13.1. The predicted octanol–water partition coefficient (Wildman–Crippen LogP) is 3.04. The average molecular weight is 327 g/mol. The van der Waals surface area contributed by atoms with E-state index in [9.17, 15) is 8.42 Å². The maximum atomic E-state index is 12.4. The first kappa shape index (κ1) is 15.5. The lowest BCUT2D eigenvalue weighted by molar-refractivity contribution is 0.415. The number of hydrogen-bond acceptors (Lipinski definition) is 4. The lowest BCUT2D eigenvalue weighted by atomic mass is 10.2. The molecule has 0 atom stereocenters. The lowest BCUT2D eigenvalue weighted by Gasteiger charge is -2.12. The molecule has 0 unspecified atom stereocenters. The van der Waals surface area contributed by atoms with Gasteiger partial charge in [0.15, 0.2) is 0 Å². The highest BCUT2D eigenvalue weighted by Gasteiger charge is 2.17. The summed E-state index contributed by atoms with van der Waals surface area (Å²) in [5.41, 5.74) is 7.25. The van der Waals surface area contributed by atoms with Gasteiger partial charge in [0.25, 0.3) is 10.0 Å². The predicted molar refractivity (Wildman–Crippen MR) is 84.4 cm³/mol. The van der Waals surface area contributed by atoms with Gasteiger partial charge in [-0.15, -0.1) is 0 Å². The van der Waals surface area contributed by atoms with E-state index < -0.39 is 10.0 Å². The molecule has 0 aromatic heterocycles. The van der Waals surface area contributed by atoms with E-state index in [2.05, 4.69) is 4.72 Å². The number of sulfonamides is 1. The molecule has 0 saturated heterocycles. The van der Waals surface area contributed by atoms with Gasteiger partial charge in [0, 0.05) is 11.1 Å². The average Bonchev–Trinajstić information content (AvgIpc) is 2.43. The van der Waals surface area contributed by atoms with E-state index in [0.717, 1.165) is 5.56 Å². The van der Waals surface area contributed by atoms with Crippen molar-refractivity contribution in [2.45, 2.75) is 11.8 Å². The Balaban J connectivity index is 2.41. The number of hydrogen-bond donors (Lipinski definition) is 2. The van der Waals surface area contributed by atoms with E-state index in [4.69, 9.17) is 22.1 Å². The van der Waals surface area contributed by atoms with E-state index in [1.54, 1.807) is 25.1 Å². The van der Waals surface area contributed by atoms with Crippen LogP contribution in [0.3, 0.4) is 0 Å². The molecule has 0 amide bonds. The minimum Gasteiger partial charge on any atom is -0.495 e. The van der Waals surface area contributed by atoms with Gasteiger partial charge in [-0.05, 0) is 36.8 Å². The quantitative estimate of drug-likeness (QED) is 0.846. The van der Waals surface area contributed by atoms with Crippen molar-refractivity contribution in [3.8, 4) is 5.75 Å². The van der Waals surface area contributed by atoms with Crippen LogP contribution in [-0.2, 0) is 10.0 Å². The number of anilines is 2. The molecule has 112 valence electrons. The molecule has 0 radical (unpaired) electrons. The largest absolute Gasteiger partial charge is 0.495 e. The topological polar surface area (TPSA) is 81.4 Å². The summed E-state index contributed by atoms with van der Waals surface area (Å²) in [4.78, 5) is 0.0629. The standard InChI is InChI=1S/C14H15ClN2O3S/c1-9-3-4-10(15)7-13(9)17-21(18,19)11-5-6-12(16)14(8-11)20-2/h3-8,17H,16H2,1-2H3. The molecular formula is C14H15ClN2O3S. The van der Waals surface area contributed by atoms with Gasteiger partial charge in [0.2, 0.25) is 0 Å². The summed E-state index contributed by atoms with van der Waals surface area (Å²) in [7, 11) is -2.32. The SMILES string of the molecule is COc1cc(S(=O)(=O)Nc2cc(Cl)ccc2C)ccc1N. The van der Waals surface area contributed by atoms with Crippen molar-refractivity contribution in [1.82, 2.24) is 0 Å². The van der Waals surface area contributed by atoms with Crippen molar-refractivity contribution in [1.29, 1.82) is 0 Å². The van der Waals surface area contributed by atoms with Crippen LogP contribution in [0.4, 0.5) is 11.4 Å². The zero-order valence-electron chi connectivity index (χ0n) is 11.6. The first-order valence-corrected chi connectivity index (χ1v) is 7.92. The highest BCUT2D eigenvalue weighted by molar-refractivity contribution is 7.92. The van der Waals surface area contributed by atoms with Crippen LogP contribution < -0.4 is 15.2 Å². The molecule has 2 rings (SSSR count). The van der Waals surface area contributed by atoms with Crippen LogP contribution in [-0.4, -0.2) is 15.5 Å². The summed E-state index contributed by atoms with van der Waals surface area (Å²) in [5, 5.41) is 0.452. The van der Waals surface area contributed by atoms with Crippen LogP contribution in [0.1, 0.15) is 5.56 Å². The molecule has 0 saturated carbocycles. The highest BCUT2D eigenvalue weighted by Crippen LogP contribution is 2.27. The lowest BCUT2D eigenvalue weighted by Crippen LogP contribution is -2.14. The van der Waals surface area contributed by atoms with Gasteiger partial charge in [-0.25, -0.2) is 8.42 Å². The molecule has 0 bridgehead atoms. The maximum Gasteiger partial charge on any atom is 0.262 e. The Morgan fingerprint density at radius 3 is 2.57 bits per heavy atom. The van der Waals surface area contributed by atoms with Crippen molar-refractivity contribution in [2.75, 3.05) is 17.6 Å². The Labute approximate surface area is 128 Å². The molecule has 2 aromatic carbocycles. The Morgan fingerprint density at radius 1 is 1.19 bits per heavy atom. The van der Waals surface area contributed by atoms with Gasteiger partial charge < -0.3 is 10.5 Å². The van der Waals surface area contributed by atoms with Crippen molar-refractivity contribution in [3.63, 3.8) is 0 Å². The molecule has 3 N–H and O–H groups in total. The summed E-state index contributed by atoms with van der Waals surface area (Å²) >= 11 is 5.89. The third-order valence-electron chi connectivity index (χ3n) is 2.96. The van der Waals surface area contributed by atoms with Crippen LogP contribution in [0, 0.1) is 6.92 Å². The van der Waals surface area contributed by atoms with E-state index >= 15 is 0 Å². The third kappa shape index (κ3) is 3.40. The number of benzene rings is 2. The second-order valence-corrected chi connectivity index (χ2v) is 6.59. The molecule has 0 aliphatic heterocycles. The maximum absolute atomic E-state index is 12.4. The summed E-state index contributed by atoms with van der Waals surface area (Å²) in [6, 6.07) is 9.27. The van der Waals surface area contributed by atoms with Crippen molar-refractivity contribution in [3.05, 3.63) is 47.0 Å². The number of nitrogens with one attached hydrogen (secondary N) is 1. The Morgan fingerprint density at radius 2 is 1.90 bits per heavy atom. The van der Waals surface area contributed by atoms with E-state index in [1.165, 1.54) is 25.3 Å². The summed E-state index contributed by atoms with van der Waals surface area (Å²) in [5.74, 6) is 0.306. The fourth-order valence-corrected chi connectivity index (χ4v) is 3.08. The van der Waals surface area contributed by atoms with Gasteiger partial charge in [-0.3, -0.25) is 4.72 Å². The third-order valence-corrected chi connectivity index (χ3v) is 4.56. The van der Waals surface area contributed by atoms with Crippen LogP contribution >= 0.6 is 11.6 Å². The second-order valence-electron chi connectivity index (χ2n) is 4.47. The molecule has 7 heteroatoms. The molecule has 0 heterocycles. The molecule has 0 aliphatic carbocycles. The molecule has 5 nitrogen and oxygen atoms in total. The first-order valence-electron chi connectivity index (χ1n) is 6.06. The van der Waals surface area contributed by atoms with Gasteiger partial charge in [-0.2, -0.15) is 0 Å². The molecule has 0 aliphatic rings. The van der Waals surface area contributed by atoms with E-state index in [1.807, 2.05) is 0 Å². The highest BCUT2D eigenvalue weighted by atomic mass is 35.5. The number of nitrogen functional groups attached to an aromatic ring is 1. The van der Waals surface area contributed by atoms with Crippen LogP contribution in [0.5, 0.6) is 5.75 Å². The number of nitrogens with two attached hydrogens (primary N) is 1. The monoisotopic (exact) mass is 326 g/mol. The van der Waals surface area contributed by atoms with Crippen molar-refractivity contribution in [2.24, 2.45) is 0 Å². The zero-order chi connectivity index (χ0) is 15.6. The summed E-state index contributed by atoms with van der Waals surface area (Å²) in [6.07, 6.45) is 0. The Kier molecular flexibility index (Phi) is 4.29. The smallest absolute Gasteiger partial charge is 0.262 e. The van der Waals surface area contributed by atoms with E-state index in [-0.39, 0.29) is 4.90 Å². The Hall–Kier alpha value is -1.92. The molecule has 0 fully saturated rings. The minimum absolute atomic E-state index is 0.0629. The summed E-state index contributed by atoms with van der Waals surface area (Å²) in [6.45, 7) is 1.79. The molecule has 0 spiro atoms. The van der Waals surface area contributed by atoms with Crippen LogP contribution in [0.2, 0.25) is 5.02 Å². The van der Waals surface area contributed by atoms with Gasteiger partial charge in [0.1, 0.15) is 5.75 Å². The van der Waals surface area contributed by atoms with Gasteiger partial charge >= 0.3 is 0 Å². The normalized spacial score (nSPS) is 11.2. The number of halogens is 1. The fourth-order valence-electron chi connectivity index (χ4n) is 1.77. The van der Waals surface area contributed by atoms with Gasteiger partial charge in [0.05, 0.1) is 23.4 Å². The molecule has 2 aromatic rings. The van der Waals surface area contributed by atoms with E-state index in [0.29, 0.717) is 22.1 Å². The fraction of sp³-hybridized carbons (Fsp3) is 0.143. The van der Waals surface area contributed by atoms with Crippen molar-refractivity contribution < 1.29 is 13.2 Å². The molecular weight excluding hydrogens is 312 g/mol. The minimum atomic E-state index is -3.75. The number of ether oxygens (including phenoxy) is 1. The van der Waals surface area contributed by atoms with Crippen LogP contribution in [0.15, 0.2) is 41.3 Å². The Bertz CT molecular complexity index is 776. The first-order chi connectivity index (χ1) is 9.83. The number of rotatable bonds is 4. The summed E-state index contributed by atoms with van der Waals surface area (Å²) < 4.78 is 32.3. The van der Waals surface area contributed by atoms with Gasteiger partial charge in [-0.1, -0.05) is 17.7 Å². The number of aryl methyl sites for hydroxylation is 1. The molecule has 21 heavy (non-hydrogen) atoms.